The summed E-state index contributed by atoms with van der Waals surface area (Å²) in [5.41, 5.74) is 1.17. The van der Waals surface area contributed by atoms with Crippen molar-refractivity contribution in [2.75, 3.05) is 13.2 Å². The molecule has 7 nitrogen and oxygen atoms in total. The zero-order chi connectivity index (χ0) is 27.4. The molecular weight excluding hydrogens is 488 g/mol. The summed E-state index contributed by atoms with van der Waals surface area (Å²) in [6.45, 7) is 10.9. The van der Waals surface area contributed by atoms with Gasteiger partial charge in [-0.1, -0.05) is 54.6 Å². The van der Waals surface area contributed by atoms with Gasteiger partial charge in [0, 0.05) is 17.9 Å². The third kappa shape index (κ3) is 7.27. The maximum Gasteiger partial charge on any atom is 0.410 e. The highest BCUT2D eigenvalue weighted by atomic mass is 32.2. The van der Waals surface area contributed by atoms with Crippen LogP contribution in [-0.2, 0) is 22.5 Å². The van der Waals surface area contributed by atoms with E-state index in [1.165, 1.54) is 0 Å². The zero-order valence-electron chi connectivity index (χ0n) is 22.9. The first-order chi connectivity index (χ1) is 17.3. The number of nitrogens with one attached hydrogen (secondary N) is 1. The molecular formula is C29H42N2O5S. The first-order valence-electron chi connectivity index (χ1n) is 12.9. The second-order valence-electron chi connectivity index (χ2n) is 11.8. The summed E-state index contributed by atoms with van der Waals surface area (Å²) in [6, 6.07) is 17.5. The van der Waals surface area contributed by atoms with E-state index in [4.69, 9.17) is 4.74 Å². The molecule has 1 amide bonds. The Hall–Kier alpha value is -2.10. The quantitative estimate of drug-likeness (QED) is 0.457. The molecule has 0 aliphatic carbocycles. The maximum absolute atomic E-state index is 13.4. The van der Waals surface area contributed by atoms with E-state index in [-0.39, 0.29) is 0 Å². The van der Waals surface area contributed by atoms with Crippen LogP contribution in [0.5, 0.6) is 0 Å². The number of nitrogens with zero attached hydrogens (tertiary/aromatic N) is 1. The van der Waals surface area contributed by atoms with E-state index >= 15 is 0 Å². The van der Waals surface area contributed by atoms with Crippen LogP contribution in [0.2, 0.25) is 0 Å². The average Bonchev–Trinajstić information content (AvgIpc) is 2.83. The lowest BCUT2D eigenvalue weighted by Gasteiger charge is -2.52. The number of ether oxygens (including phenoxy) is 1. The summed E-state index contributed by atoms with van der Waals surface area (Å²) >= 11 is -1.56. The van der Waals surface area contributed by atoms with Crippen LogP contribution < -0.4 is 4.72 Å². The van der Waals surface area contributed by atoms with Gasteiger partial charge in [-0.2, -0.15) is 0 Å². The largest absolute Gasteiger partial charge is 0.598 e. The lowest BCUT2D eigenvalue weighted by molar-refractivity contribution is -0.0569. The summed E-state index contributed by atoms with van der Waals surface area (Å²) in [4.78, 5) is 15.1. The molecule has 1 aliphatic heterocycles. The molecule has 0 aromatic heterocycles. The third-order valence-electron chi connectivity index (χ3n) is 6.66. The van der Waals surface area contributed by atoms with Gasteiger partial charge in [0.15, 0.2) is 0 Å². The van der Waals surface area contributed by atoms with Gasteiger partial charge >= 0.3 is 6.09 Å². The Morgan fingerprint density at radius 1 is 1.14 bits per heavy atom. The van der Waals surface area contributed by atoms with E-state index in [0.717, 1.165) is 16.7 Å². The Morgan fingerprint density at radius 3 is 2.38 bits per heavy atom. The monoisotopic (exact) mass is 530 g/mol. The molecule has 0 saturated carbocycles. The van der Waals surface area contributed by atoms with Crippen LogP contribution in [-0.4, -0.2) is 66.9 Å². The van der Waals surface area contributed by atoms with Gasteiger partial charge in [0.05, 0.1) is 12.6 Å². The molecule has 0 spiro atoms. The highest BCUT2D eigenvalue weighted by molar-refractivity contribution is 7.90. The van der Waals surface area contributed by atoms with Crippen LogP contribution >= 0.6 is 0 Å². The van der Waals surface area contributed by atoms with Gasteiger partial charge in [-0.25, -0.2) is 4.79 Å². The van der Waals surface area contributed by atoms with Crippen LogP contribution in [0.4, 0.5) is 4.79 Å². The van der Waals surface area contributed by atoms with Gasteiger partial charge in [-0.3, -0.25) is 0 Å². The number of amides is 1. The number of aliphatic hydroxyl groups excluding tert-OH is 2. The van der Waals surface area contributed by atoms with Gasteiger partial charge in [-0.05, 0) is 77.5 Å². The molecule has 1 heterocycles. The van der Waals surface area contributed by atoms with Crippen molar-refractivity contribution in [3.63, 3.8) is 0 Å². The third-order valence-corrected chi connectivity index (χ3v) is 8.34. The van der Waals surface area contributed by atoms with E-state index in [1.54, 1.807) is 4.90 Å². The molecule has 1 aliphatic rings. The van der Waals surface area contributed by atoms with Crippen LogP contribution in [0.15, 0.2) is 54.6 Å². The SMILES string of the molecule is CC(C)(C)OC(=O)N1CCC[C@@](N[S+]([O-])C(C)(C)C)(C(O)CO)[C@@H]1Cc1cccc(-c2ccccc2)c1. The van der Waals surface area contributed by atoms with Crippen LogP contribution in [0.3, 0.4) is 0 Å². The molecule has 1 saturated heterocycles. The van der Waals surface area contributed by atoms with E-state index in [2.05, 4.69) is 10.8 Å². The number of carbonyl (C=O) groups is 1. The number of carbonyl (C=O) groups excluding carboxylic acids is 1. The minimum Gasteiger partial charge on any atom is -0.598 e. The molecule has 2 aromatic rings. The van der Waals surface area contributed by atoms with E-state index in [0.29, 0.717) is 25.8 Å². The molecule has 204 valence electrons. The topological polar surface area (TPSA) is 105 Å². The predicted molar refractivity (Wildman–Crippen MR) is 148 cm³/mol. The molecule has 4 atom stereocenters. The molecule has 3 rings (SSSR count). The standard InChI is InChI=1S/C29H42N2O5S/c1-27(2,3)36-26(34)31-17-11-16-29(25(33)20-32,30-37(35)28(4,5)6)24(31)19-21-12-10-15-23(18-21)22-13-8-7-9-14-22/h7-10,12-15,18,24-25,30,32-33H,11,16-17,19-20H2,1-6H3/t24-,25?,29-,37?/m0/s1. The summed E-state index contributed by atoms with van der Waals surface area (Å²) in [6.07, 6.45) is -0.351. The highest BCUT2D eigenvalue weighted by Gasteiger charge is 2.55. The fraction of sp³-hybridized carbons (Fsp3) is 0.552. The van der Waals surface area contributed by atoms with Crippen LogP contribution in [0.1, 0.15) is 59.9 Å². The Kier molecular flexibility index (Phi) is 9.35. The van der Waals surface area contributed by atoms with Crippen molar-refractivity contribution in [2.24, 2.45) is 0 Å². The maximum atomic E-state index is 13.4. The zero-order valence-corrected chi connectivity index (χ0v) is 23.7. The number of hydrogen-bond acceptors (Lipinski definition) is 6. The Balaban J connectivity index is 2.08. The fourth-order valence-electron chi connectivity index (χ4n) is 4.77. The number of hydrogen-bond donors (Lipinski definition) is 3. The average molecular weight is 531 g/mol. The van der Waals surface area contributed by atoms with Crippen molar-refractivity contribution < 1.29 is 24.3 Å². The second kappa shape index (κ2) is 11.7. The van der Waals surface area contributed by atoms with Gasteiger partial charge in [0.2, 0.25) is 0 Å². The van der Waals surface area contributed by atoms with Gasteiger partial charge < -0.3 is 24.4 Å². The highest BCUT2D eigenvalue weighted by Crippen LogP contribution is 2.37. The van der Waals surface area contributed by atoms with Crippen molar-refractivity contribution >= 4 is 17.5 Å². The van der Waals surface area contributed by atoms with E-state index in [9.17, 15) is 19.6 Å². The summed E-state index contributed by atoms with van der Waals surface area (Å²) in [5, 5.41) is 21.4. The predicted octanol–water partition coefficient (Wildman–Crippen LogP) is 4.44. The Labute approximate surface area is 224 Å². The smallest absolute Gasteiger partial charge is 0.410 e. The van der Waals surface area contributed by atoms with Crippen molar-refractivity contribution in [3.05, 3.63) is 60.2 Å². The Morgan fingerprint density at radius 2 is 1.78 bits per heavy atom. The number of likely N-dealkylation sites (tertiary alicyclic amines) is 1. The lowest BCUT2D eigenvalue weighted by atomic mass is 9.75. The van der Waals surface area contributed by atoms with Crippen molar-refractivity contribution in [1.82, 2.24) is 9.62 Å². The van der Waals surface area contributed by atoms with E-state index in [1.807, 2.05) is 90.1 Å². The summed E-state index contributed by atoms with van der Waals surface area (Å²) in [5.74, 6) is 0. The first kappa shape index (κ1) is 29.5. The minimum absolute atomic E-state index is 0.380. The van der Waals surface area contributed by atoms with Crippen LogP contribution in [0, 0.1) is 0 Å². The molecule has 37 heavy (non-hydrogen) atoms. The normalized spacial score (nSPS) is 22.4. The second-order valence-corrected chi connectivity index (χ2v) is 13.8. The molecule has 1 fully saturated rings. The molecule has 2 aromatic carbocycles. The minimum atomic E-state index is -1.56. The van der Waals surface area contributed by atoms with Crippen LogP contribution in [0.25, 0.3) is 11.1 Å². The molecule has 0 bridgehead atoms. The number of piperidine rings is 1. The number of benzene rings is 2. The van der Waals surface area contributed by atoms with Gasteiger partial charge in [0.25, 0.3) is 0 Å². The van der Waals surface area contributed by atoms with E-state index < -0.39 is 52.1 Å². The number of aliphatic hydroxyl groups is 2. The first-order valence-corrected chi connectivity index (χ1v) is 14.0. The van der Waals surface area contributed by atoms with Gasteiger partial charge in [0.1, 0.15) is 22.0 Å². The van der Waals surface area contributed by atoms with Crippen molar-refractivity contribution in [2.45, 2.75) is 88.8 Å². The van der Waals surface area contributed by atoms with Crippen molar-refractivity contribution in [1.29, 1.82) is 0 Å². The number of rotatable bonds is 7. The van der Waals surface area contributed by atoms with Crippen molar-refractivity contribution in [3.8, 4) is 11.1 Å². The summed E-state index contributed by atoms with van der Waals surface area (Å²) < 4.78 is 21.7. The molecule has 2 unspecified atom stereocenters. The Bertz CT molecular complexity index is 1040. The summed E-state index contributed by atoms with van der Waals surface area (Å²) in [7, 11) is 0. The van der Waals surface area contributed by atoms with Gasteiger partial charge in [-0.15, -0.1) is 4.72 Å². The molecule has 3 N–H and O–H groups in total. The molecule has 0 radical (unpaired) electrons. The fourth-order valence-corrected chi connectivity index (χ4v) is 5.80. The molecule has 8 heteroatoms. The lowest BCUT2D eigenvalue weighted by Crippen LogP contribution is -2.73.